The first kappa shape index (κ1) is 14.8. The van der Waals surface area contributed by atoms with Gasteiger partial charge >= 0.3 is 0 Å². The molecule has 2 aromatic carbocycles. The highest BCUT2D eigenvalue weighted by molar-refractivity contribution is 5.94. The number of rotatable bonds is 4. The summed E-state index contributed by atoms with van der Waals surface area (Å²) in [5, 5.41) is 12.7. The maximum absolute atomic E-state index is 13.4. The number of nitrogens with two attached hydrogens (primary N) is 1. The second-order valence-electron chi connectivity index (χ2n) is 4.63. The molecule has 1 unspecified atom stereocenters. The molecule has 0 fully saturated rings. The van der Waals surface area contributed by atoms with E-state index in [9.17, 15) is 18.7 Å². The van der Waals surface area contributed by atoms with Crippen LogP contribution >= 0.6 is 0 Å². The molecule has 0 aliphatic carbocycles. The number of phenolic OH excluding ortho intramolecular Hbond substituents is 1. The van der Waals surface area contributed by atoms with Crippen LogP contribution in [0.15, 0.2) is 36.4 Å². The third-order valence-corrected chi connectivity index (χ3v) is 3.07. The molecule has 0 aliphatic rings. The van der Waals surface area contributed by atoms with E-state index in [0.717, 1.165) is 12.1 Å². The molecule has 0 bridgehead atoms. The van der Waals surface area contributed by atoms with E-state index in [1.54, 1.807) is 6.92 Å². The summed E-state index contributed by atoms with van der Waals surface area (Å²) >= 11 is 0. The zero-order valence-electron chi connectivity index (χ0n) is 11.2. The second kappa shape index (κ2) is 5.78. The minimum absolute atomic E-state index is 0.0614. The Balaban J connectivity index is 2.27. The topological polar surface area (TPSA) is 75.3 Å². The Hall–Kier alpha value is -2.63. The zero-order chi connectivity index (χ0) is 15.6. The number of nitrogens with one attached hydrogen (secondary N) is 1. The highest BCUT2D eigenvalue weighted by Crippen LogP contribution is 2.28. The van der Waals surface area contributed by atoms with Gasteiger partial charge in [0.05, 0.1) is 11.6 Å². The van der Waals surface area contributed by atoms with Crippen molar-refractivity contribution in [2.24, 2.45) is 5.73 Å². The first-order valence-corrected chi connectivity index (χ1v) is 6.23. The molecule has 0 aliphatic heterocycles. The number of halogens is 2. The van der Waals surface area contributed by atoms with Crippen molar-refractivity contribution in [3.8, 4) is 5.75 Å². The van der Waals surface area contributed by atoms with Crippen LogP contribution < -0.4 is 11.1 Å². The molecule has 0 heterocycles. The maximum atomic E-state index is 13.4. The predicted molar refractivity (Wildman–Crippen MR) is 75.0 cm³/mol. The normalized spacial score (nSPS) is 12.0. The van der Waals surface area contributed by atoms with Crippen LogP contribution in [0.3, 0.4) is 0 Å². The fourth-order valence-corrected chi connectivity index (χ4v) is 2.00. The van der Waals surface area contributed by atoms with Crippen LogP contribution in [0, 0.1) is 11.6 Å². The van der Waals surface area contributed by atoms with Crippen molar-refractivity contribution in [2.75, 3.05) is 5.32 Å². The molecular formula is C15H14F2N2O2. The van der Waals surface area contributed by atoms with Gasteiger partial charge in [-0.3, -0.25) is 4.79 Å². The average Bonchev–Trinajstić information content (AvgIpc) is 2.43. The third kappa shape index (κ3) is 3.28. The number of primary amides is 1. The van der Waals surface area contributed by atoms with E-state index in [0.29, 0.717) is 11.3 Å². The standard InChI is InChI=1S/C15H14F2N2O2/c1-8(11-6-9(16)2-5-14(11)20)19-10-3-4-13(17)12(7-10)15(18)21/h2-8,19-20H,1H3,(H2,18,21). The molecule has 1 atom stereocenters. The fourth-order valence-electron chi connectivity index (χ4n) is 2.00. The van der Waals surface area contributed by atoms with Gasteiger partial charge in [-0.05, 0) is 43.3 Å². The Morgan fingerprint density at radius 1 is 1.24 bits per heavy atom. The van der Waals surface area contributed by atoms with Crippen LogP contribution in [0.4, 0.5) is 14.5 Å². The lowest BCUT2D eigenvalue weighted by Crippen LogP contribution is -2.14. The van der Waals surface area contributed by atoms with Crippen molar-refractivity contribution < 1.29 is 18.7 Å². The SMILES string of the molecule is CC(Nc1ccc(F)c(C(N)=O)c1)c1cc(F)ccc1O. The van der Waals surface area contributed by atoms with Crippen LogP contribution in [-0.2, 0) is 0 Å². The lowest BCUT2D eigenvalue weighted by atomic mass is 10.1. The number of phenols is 1. The smallest absolute Gasteiger partial charge is 0.251 e. The monoisotopic (exact) mass is 292 g/mol. The number of anilines is 1. The largest absolute Gasteiger partial charge is 0.508 e. The third-order valence-electron chi connectivity index (χ3n) is 3.07. The van der Waals surface area contributed by atoms with Gasteiger partial charge in [0.2, 0.25) is 0 Å². The summed E-state index contributed by atoms with van der Waals surface area (Å²) in [5.41, 5.74) is 5.61. The summed E-state index contributed by atoms with van der Waals surface area (Å²) in [6, 6.07) is 6.95. The van der Waals surface area contributed by atoms with Crippen molar-refractivity contribution in [3.05, 3.63) is 59.2 Å². The summed E-state index contributed by atoms with van der Waals surface area (Å²) < 4.78 is 26.6. The summed E-state index contributed by atoms with van der Waals surface area (Å²) in [6.07, 6.45) is 0. The van der Waals surface area contributed by atoms with Gasteiger partial charge in [0.25, 0.3) is 5.91 Å². The van der Waals surface area contributed by atoms with E-state index in [4.69, 9.17) is 5.73 Å². The Labute approximate surface area is 120 Å². The van der Waals surface area contributed by atoms with Gasteiger partial charge in [0, 0.05) is 11.3 Å². The Bertz CT molecular complexity index is 689. The van der Waals surface area contributed by atoms with E-state index < -0.39 is 23.6 Å². The molecule has 1 amide bonds. The van der Waals surface area contributed by atoms with Crippen molar-refractivity contribution in [3.63, 3.8) is 0 Å². The van der Waals surface area contributed by atoms with Crippen molar-refractivity contribution in [1.29, 1.82) is 0 Å². The molecule has 0 radical (unpaired) electrons. The van der Waals surface area contributed by atoms with Gasteiger partial charge in [-0.2, -0.15) is 0 Å². The first-order valence-electron chi connectivity index (χ1n) is 6.23. The van der Waals surface area contributed by atoms with Gasteiger partial charge in [0.15, 0.2) is 0 Å². The molecule has 2 aromatic rings. The van der Waals surface area contributed by atoms with Crippen LogP contribution in [0.1, 0.15) is 28.9 Å². The molecule has 21 heavy (non-hydrogen) atoms. The fraction of sp³-hybridized carbons (Fsp3) is 0.133. The van der Waals surface area contributed by atoms with Crippen LogP contribution in [-0.4, -0.2) is 11.0 Å². The summed E-state index contributed by atoms with van der Waals surface area (Å²) in [7, 11) is 0. The summed E-state index contributed by atoms with van der Waals surface area (Å²) in [5.74, 6) is -2.13. The van der Waals surface area contributed by atoms with E-state index in [-0.39, 0.29) is 11.3 Å². The quantitative estimate of drug-likeness (QED) is 0.811. The number of hydrogen-bond donors (Lipinski definition) is 3. The van der Waals surface area contributed by atoms with E-state index in [1.165, 1.54) is 24.3 Å². The minimum atomic E-state index is -0.877. The van der Waals surface area contributed by atoms with Gasteiger partial charge in [-0.15, -0.1) is 0 Å². The minimum Gasteiger partial charge on any atom is -0.508 e. The lowest BCUT2D eigenvalue weighted by molar-refractivity contribution is 0.0996. The summed E-state index contributed by atoms with van der Waals surface area (Å²) in [4.78, 5) is 11.1. The Morgan fingerprint density at radius 3 is 2.62 bits per heavy atom. The molecule has 110 valence electrons. The molecule has 0 aromatic heterocycles. The maximum Gasteiger partial charge on any atom is 0.251 e. The average molecular weight is 292 g/mol. The van der Waals surface area contributed by atoms with Crippen molar-refractivity contribution >= 4 is 11.6 Å². The number of carbonyl (C=O) groups excluding carboxylic acids is 1. The molecule has 0 spiro atoms. The Kier molecular flexibility index (Phi) is 4.07. The number of amides is 1. The lowest BCUT2D eigenvalue weighted by Gasteiger charge is -2.17. The number of hydrogen-bond acceptors (Lipinski definition) is 3. The van der Waals surface area contributed by atoms with Gasteiger partial charge in [-0.25, -0.2) is 8.78 Å². The van der Waals surface area contributed by atoms with Crippen LogP contribution in [0.5, 0.6) is 5.75 Å². The second-order valence-corrected chi connectivity index (χ2v) is 4.63. The molecule has 6 heteroatoms. The van der Waals surface area contributed by atoms with Gasteiger partial charge in [0.1, 0.15) is 17.4 Å². The predicted octanol–water partition coefficient (Wildman–Crippen LogP) is 2.94. The molecule has 0 saturated heterocycles. The van der Waals surface area contributed by atoms with E-state index in [2.05, 4.69) is 5.32 Å². The first-order chi connectivity index (χ1) is 9.88. The van der Waals surface area contributed by atoms with Crippen molar-refractivity contribution in [2.45, 2.75) is 13.0 Å². The zero-order valence-corrected chi connectivity index (χ0v) is 11.2. The Morgan fingerprint density at radius 2 is 1.95 bits per heavy atom. The van der Waals surface area contributed by atoms with E-state index in [1.807, 2.05) is 0 Å². The van der Waals surface area contributed by atoms with Crippen LogP contribution in [0.25, 0.3) is 0 Å². The number of carbonyl (C=O) groups is 1. The van der Waals surface area contributed by atoms with Crippen molar-refractivity contribution in [1.82, 2.24) is 0 Å². The molecule has 4 nitrogen and oxygen atoms in total. The van der Waals surface area contributed by atoms with Crippen LogP contribution in [0.2, 0.25) is 0 Å². The number of benzene rings is 2. The molecular weight excluding hydrogens is 278 g/mol. The van der Waals surface area contributed by atoms with Gasteiger partial charge < -0.3 is 16.2 Å². The molecule has 0 saturated carbocycles. The number of aromatic hydroxyl groups is 1. The highest BCUT2D eigenvalue weighted by Gasteiger charge is 2.14. The van der Waals surface area contributed by atoms with Gasteiger partial charge in [-0.1, -0.05) is 0 Å². The van der Waals surface area contributed by atoms with E-state index >= 15 is 0 Å². The molecule has 2 rings (SSSR count). The molecule has 4 N–H and O–H groups in total. The summed E-state index contributed by atoms with van der Waals surface area (Å²) in [6.45, 7) is 1.70. The highest BCUT2D eigenvalue weighted by atomic mass is 19.1.